The Balaban J connectivity index is 2.99. The van der Waals surface area contributed by atoms with Crippen LogP contribution in [0.5, 0.6) is 0 Å². The van der Waals surface area contributed by atoms with Crippen LogP contribution in [-0.4, -0.2) is 0 Å². The Kier molecular flexibility index (Phi) is 3.77. The molecule has 0 aromatic rings. The molecule has 0 aliphatic carbocycles. The molecule has 0 heterocycles. The molecule has 0 nitrogen and oxygen atoms in total. The van der Waals surface area contributed by atoms with Crippen LogP contribution in [-0.2, 0) is 0 Å². The van der Waals surface area contributed by atoms with Crippen molar-refractivity contribution in [1.82, 2.24) is 0 Å². The standard InChI is InChI=1S/C7H14/c1-4-7(5-2)6-3/h1,4-6H2,2-3H3/q+2. The molecule has 0 spiro atoms. The summed E-state index contributed by atoms with van der Waals surface area (Å²) in [6.45, 7) is 8.16. The molecule has 0 aromatic carbocycles. The van der Waals surface area contributed by atoms with Gasteiger partial charge in [0.05, 0.1) is 12.8 Å². The van der Waals surface area contributed by atoms with Crippen LogP contribution in [0.4, 0.5) is 0 Å². The highest BCUT2D eigenvalue weighted by Crippen LogP contribution is 2.12. The average molecular weight is 98.2 g/mol. The molecule has 0 bridgehead atoms. The summed E-state index contributed by atoms with van der Waals surface area (Å²) in [7, 11) is 0. The maximum atomic E-state index is 3.79. The van der Waals surface area contributed by atoms with E-state index in [0.29, 0.717) is 0 Å². The van der Waals surface area contributed by atoms with Gasteiger partial charge in [0.1, 0.15) is 12.8 Å². The van der Waals surface area contributed by atoms with Gasteiger partial charge in [-0.05, 0) is 13.8 Å². The first-order valence-electron chi connectivity index (χ1n) is 2.97. The molecule has 0 saturated heterocycles. The number of hydrogen-bond acceptors (Lipinski definition) is 0. The molecule has 0 rings (SSSR count). The fraction of sp³-hybridized carbons (Fsp3) is 0.714. The van der Waals surface area contributed by atoms with Crippen LogP contribution in [0.1, 0.15) is 33.1 Å². The van der Waals surface area contributed by atoms with E-state index in [9.17, 15) is 0 Å². The molecular formula is C7H14+2. The predicted octanol–water partition coefficient (Wildman–Crippen LogP) is 2.61. The van der Waals surface area contributed by atoms with E-state index in [2.05, 4.69) is 20.8 Å². The Morgan fingerprint density at radius 2 is 1.71 bits per heavy atom. The summed E-state index contributed by atoms with van der Waals surface area (Å²) < 4.78 is 0. The largest absolute Gasteiger partial charge is 0.217 e. The molecule has 0 atom stereocenters. The lowest BCUT2D eigenvalue weighted by Gasteiger charge is -1.88. The van der Waals surface area contributed by atoms with Gasteiger partial charge in [-0.1, -0.05) is 0 Å². The topological polar surface area (TPSA) is 0 Å². The highest BCUT2D eigenvalue weighted by molar-refractivity contribution is 4.86. The zero-order valence-corrected chi connectivity index (χ0v) is 5.33. The molecule has 0 heteroatoms. The highest BCUT2D eigenvalue weighted by Gasteiger charge is 2.13. The minimum absolute atomic E-state index is 1.02. The molecule has 0 aromatic heterocycles. The van der Waals surface area contributed by atoms with Gasteiger partial charge in [0.25, 0.3) is 0 Å². The van der Waals surface area contributed by atoms with Crippen molar-refractivity contribution < 1.29 is 0 Å². The Hall–Kier alpha value is -0.260. The molecule has 0 aliphatic rings. The van der Waals surface area contributed by atoms with E-state index < -0.39 is 0 Å². The zero-order valence-electron chi connectivity index (χ0n) is 5.33. The van der Waals surface area contributed by atoms with Crippen LogP contribution in [0.25, 0.3) is 0 Å². The first-order valence-corrected chi connectivity index (χ1v) is 2.97. The van der Waals surface area contributed by atoms with E-state index in [4.69, 9.17) is 0 Å². The maximum absolute atomic E-state index is 3.79. The maximum Gasteiger partial charge on any atom is 0.217 e. The summed E-state index contributed by atoms with van der Waals surface area (Å²) in [5.74, 6) is 1.57. The minimum atomic E-state index is 1.02. The lowest BCUT2D eigenvalue weighted by Crippen LogP contribution is -1.88. The predicted molar refractivity (Wildman–Crippen MR) is 33.8 cm³/mol. The molecule has 0 N–H and O–H groups in total. The van der Waals surface area contributed by atoms with Crippen LogP contribution in [0.15, 0.2) is 0 Å². The van der Waals surface area contributed by atoms with Gasteiger partial charge in [0.15, 0.2) is 0 Å². The molecule has 0 fully saturated rings. The Bertz CT molecular complexity index is 21.5. The second kappa shape index (κ2) is 3.91. The second-order valence-corrected chi connectivity index (χ2v) is 1.71. The van der Waals surface area contributed by atoms with Crippen LogP contribution in [0, 0.1) is 12.8 Å². The van der Waals surface area contributed by atoms with Gasteiger partial charge in [0, 0.05) is 0 Å². The van der Waals surface area contributed by atoms with Gasteiger partial charge in [-0.15, -0.1) is 0 Å². The first-order chi connectivity index (χ1) is 3.35. The van der Waals surface area contributed by atoms with Gasteiger partial charge in [-0.2, -0.15) is 0 Å². The minimum Gasteiger partial charge on any atom is -0.0240 e. The van der Waals surface area contributed by atoms with Crippen molar-refractivity contribution in [1.29, 1.82) is 0 Å². The molecular weight excluding hydrogens is 84.1 g/mol. The van der Waals surface area contributed by atoms with Crippen LogP contribution < -0.4 is 0 Å². The Morgan fingerprint density at radius 1 is 1.29 bits per heavy atom. The molecule has 7 heavy (non-hydrogen) atoms. The Labute approximate surface area is 46.9 Å². The molecule has 0 unspecified atom stereocenters. The van der Waals surface area contributed by atoms with Gasteiger partial charge >= 0.3 is 0 Å². The van der Waals surface area contributed by atoms with Gasteiger partial charge in [-0.3, -0.25) is 0 Å². The van der Waals surface area contributed by atoms with Crippen molar-refractivity contribution in [2.24, 2.45) is 0 Å². The van der Waals surface area contributed by atoms with Crippen LogP contribution >= 0.6 is 0 Å². The Morgan fingerprint density at radius 3 is 1.71 bits per heavy atom. The summed E-state index contributed by atoms with van der Waals surface area (Å²) in [6, 6.07) is 0. The van der Waals surface area contributed by atoms with Gasteiger partial charge in [-0.25, -0.2) is 0 Å². The molecule has 40 valence electrons. The van der Waals surface area contributed by atoms with Gasteiger partial charge in [0.2, 0.25) is 6.42 Å². The summed E-state index contributed by atoms with van der Waals surface area (Å²) >= 11 is 0. The van der Waals surface area contributed by atoms with Crippen LogP contribution in [0.2, 0.25) is 0 Å². The van der Waals surface area contributed by atoms with Crippen molar-refractivity contribution >= 4 is 0 Å². The van der Waals surface area contributed by atoms with E-state index in [0.717, 1.165) is 6.42 Å². The molecule has 0 amide bonds. The average Bonchev–Trinajstić information content (AvgIpc) is 1.72. The van der Waals surface area contributed by atoms with E-state index in [1.807, 2.05) is 0 Å². The zero-order chi connectivity index (χ0) is 5.70. The smallest absolute Gasteiger partial charge is 0.0240 e. The fourth-order valence-corrected chi connectivity index (χ4v) is 0.604. The van der Waals surface area contributed by atoms with Crippen molar-refractivity contribution in [3.63, 3.8) is 0 Å². The van der Waals surface area contributed by atoms with Crippen LogP contribution in [0.3, 0.4) is 0 Å². The van der Waals surface area contributed by atoms with Crippen molar-refractivity contribution in [2.75, 3.05) is 0 Å². The SMILES string of the molecule is [CH2+]C[C+](CC)CC. The molecule has 0 aliphatic heterocycles. The molecule has 0 saturated carbocycles. The number of rotatable bonds is 3. The summed E-state index contributed by atoms with van der Waals surface area (Å²) in [5.41, 5.74) is 0. The van der Waals surface area contributed by atoms with Crippen molar-refractivity contribution in [3.8, 4) is 0 Å². The van der Waals surface area contributed by atoms with E-state index in [1.165, 1.54) is 12.8 Å². The van der Waals surface area contributed by atoms with E-state index >= 15 is 0 Å². The summed E-state index contributed by atoms with van der Waals surface area (Å²) in [4.78, 5) is 0. The lowest BCUT2D eigenvalue weighted by molar-refractivity contribution is 0.768. The lowest BCUT2D eigenvalue weighted by atomic mass is 10.0. The third-order valence-electron chi connectivity index (χ3n) is 1.35. The van der Waals surface area contributed by atoms with E-state index in [-0.39, 0.29) is 0 Å². The van der Waals surface area contributed by atoms with E-state index in [1.54, 1.807) is 5.92 Å². The first kappa shape index (κ1) is 6.74. The quantitative estimate of drug-likeness (QED) is 0.476. The summed E-state index contributed by atoms with van der Waals surface area (Å²) in [5, 5.41) is 0. The van der Waals surface area contributed by atoms with Crippen molar-refractivity contribution in [3.05, 3.63) is 12.8 Å². The highest BCUT2D eigenvalue weighted by atomic mass is 14.0. The third kappa shape index (κ3) is 2.44. The number of hydrogen-bond donors (Lipinski definition) is 0. The second-order valence-electron chi connectivity index (χ2n) is 1.71. The third-order valence-corrected chi connectivity index (χ3v) is 1.35. The van der Waals surface area contributed by atoms with Gasteiger partial charge < -0.3 is 0 Å². The fourth-order valence-electron chi connectivity index (χ4n) is 0.604. The molecule has 0 radical (unpaired) electrons. The normalized spacial score (nSPS) is 8.86. The van der Waals surface area contributed by atoms with Crippen molar-refractivity contribution in [2.45, 2.75) is 33.1 Å². The monoisotopic (exact) mass is 98.1 g/mol. The summed E-state index contributed by atoms with van der Waals surface area (Å²) in [6.07, 6.45) is 3.44.